The molecule has 0 aromatic heterocycles. The van der Waals surface area contributed by atoms with Crippen molar-refractivity contribution in [3.8, 4) is 5.75 Å². The van der Waals surface area contributed by atoms with Gasteiger partial charge in [-0.25, -0.2) is 4.39 Å². The molecule has 2 aromatic rings. The first-order valence-electron chi connectivity index (χ1n) is 9.41. The largest absolute Gasteiger partial charge is 0.508 e. The van der Waals surface area contributed by atoms with Crippen LogP contribution in [-0.4, -0.2) is 28.5 Å². The van der Waals surface area contributed by atoms with Gasteiger partial charge in [-0.15, -0.1) is 0 Å². The molecule has 0 spiro atoms. The SMILES string of the molecule is CCCC[C@H](N)C(=O)N1CC(c2cc(Cl)ccc2F)=C[C@H]1c1cccc(O)c1. The fraction of sp³-hybridized carbons (Fsp3) is 0.318. The lowest BCUT2D eigenvalue weighted by Gasteiger charge is -2.28. The number of aromatic hydroxyl groups is 1. The molecule has 0 bridgehead atoms. The standard InChI is InChI=1S/C22H24ClFN2O2/c1-2-3-7-20(25)22(28)26-13-15(18-12-16(23)8-9-19(18)24)11-21(26)14-5-4-6-17(27)10-14/h4-6,8-12,20-21,27H,2-3,7,13,25H2,1H3/t20-,21-/m0/s1. The molecule has 0 unspecified atom stereocenters. The van der Waals surface area contributed by atoms with Crippen LogP contribution in [0.5, 0.6) is 5.75 Å². The maximum Gasteiger partial charge on any atom is 0.240 e. The number of phenols is 1. The Kier molecular flexibility index (Phi) is 6.37. The highest BCUT2D eigenvalue weighted by Gasteiger charge is 2.34. The molecule has 1 heterocycles. The van der Waals surface area contributed by atoms with E-state index >= 15 is 0 Å². The van der Waals surface area contributed by atoms with E-state index in [0.29, 0.717) is 22.6 Å². The average molecular weight is 403 g/mol. The first-order chi connectivity index (χ1) is 13.4. The average Bonchev–Trinajstić information content (AvgIpc) is 3.12. The third-order valence-corrected chi connectivity index (χ3v) is 5.23. The van der Waals surface area contributed by atoms with Crippen LogP contribution in [0.3, 0.4) is 0 Å². The number of hydrogen-bond donors (Lipinski definition) is 2. The van der Waals surface area contributed by atoms with Crippen LogP contribution in [0.15, 0.2) is 48.5 Å². The summed E-state index contributed by atoms with van der Waals surface area (Å²) >= 11 is 6.05. The third-order valence-electron chi connectivity index (χ3n) is 4.99. The van der Waals surface area contributed by atoms with Gasteiger partial charge in [-0.1, -0.05) is 49.6 Å². The van der Waals surface area contributed by atoms with E-state index in [2.05, 4.69) is 0 Å². The van der Waals surface area contributed by atoms with Gasteiger partial charge in [-0.2, -0.15) is 0 Å². The second kappa shape index (κ2) is 8.76. The van der Waals surface area contributed by atoms with Gasteiger partial charge in [-0.05, 0) is 47.9 Å². The van der Waals surface area contributed by atoms with Crippen molar-refractivity contribution in [1.29, 1.82) is 0 Å². The Labute approximate surface area is 169 Å². The summed E-state index contributed by atoms with van der Waals surface area (Å²) in [5.41, 5.74) is 7.92. The second-order valence-corrected chi connectivity index (χ2v) is 7.51. The summed E-state index contributed by atoms with van der Waals surface area (Å²) in [4.78, 5) is 14.7. The zero-order valence-electron chi connectivity index (χ0n) is 15.7. The number of carbonyl (C=O) groups is 1. The number of nitrogens with zero attached hydrogens (tertiary/aromatic N) is 1. The van der Waals surface area contributed by atoms with Gasteiger partial charge in [0.2, 0.25) is 5.91 Å². The zero-order valence-corrected chi connectivity index (χ0v) is 16.5. The van der Waals surface area contributed by atoms with Gasteiger partial charge in [0.15, 0.2) is 0 Å². The van der Waals surface area contributed by atoms with E-state index in [-0.39, 0.29) is 18.2 Å². The van der Waals surface area contributed by atoms with Crippen LogP contribution in [0.4, 0.5) is 4.39 Å². The minimum atomic E-state index is -0.614. The van der Waals surface area contributed by atoms with Crippen LogP contribution >= 0.6 is 11.6 Å². The van der Waals surface area contributed by atoms with Crippen LogP contribution < -0.4 is 5.73 Å². The van der Waals surface area contributed by atoms with Crippen LogP contribution in [0.2, 0.25) is 5.02 Å². The van der Waals surface area contributed by atoms with Crippen molar-refractivity contribution in [3.63, 3.8) is 0 Å². The number of unbranched alkanes of at least 4 members (excludes halogenated alkanes) is 1. The van der Waals surface area contributed by atoms with E-state index in [0.717, 1.165) is 18.4 Å². The van der Waals surface area contributed by atoms with E-state index < -0.39 is 17.9 Å². The van der Waals surface area contributed by atoms with Gasteiger partial charge in [0, 0.05) is 17.1 Å². The Balaban J connectivity index is 1.97. The quantitative estimate of drug-likeness (QED) is 0.737. The Morgan fingerprint density at radius 3 is 2.86 bits per heavy atom. The van der Waals surface area contributed by atoms with Crippen LogP contribution in [0.1, 0.15) is 43.4 Å². The molecule has 0 saturated heterocycles. The molecule has 2 atom stereocenters. The molecule has 28 heavy (non-hydrogen) atoms. The Bertz CT molecular complexity index is 900. The number of halogens is 2. The van der Waals surface area contributed by atoms with Crippen molar-refractivity contribution < 1.29 is 14.3 Å². The molecule has 0 fully saturated rings. The Morgan fingerprint density at radius 1 is 1.36 bits per heavy atom. The van der Waals surface area contributed by atoms with Gasteiger partial charge < -0.3 is 15.7 Å². The molecule has 0 saturated carbocycles. The van der Waals surface area contributed by atoms with Gasteiger partial charge in [0.05, 0.1) is 12.1 Å². The van der Waals surface area contributed by atoms with Crippen molar-refractivity contribution in [2.24, 2.45) is 5.73 Å². The van der Waals surface area contributed by atoms with E-state index in [1.807, 2.05) is 19.1 Å². The molecule has 0 radical (unpaired) electrons. The first-order valence-corrected chi connectivity index (χ1v) is 9.79. The van der Waals surface area contributed by atoms with E-state index in [9.17, 15) is 14.3 Å². The highest BCUT2D eigenvalue weighted by molar-refractivity contribution is 6.30. The summed E-state index contributed by atoms with van der Waals surface area (Å²) in [7, 11) is 0. The fourth-order valence-corrected chi connectivity index (χ4v) is 3.67. The normalized spacial score (nSPS) is 17.5. The number of hydrogen-bond acceptors (Lipinski definition) is 3. The summed E-state index contributed by atoms with van der Waals surface area (Å²) in [5, 5.41) is 10.3. The number of rotatable bonds is 6. The first kappa shape index (κ1) is 20.4. The number of phenolic OH excluding ortho intramolecular Hbond substituents is 1. The van der Waals surface area contributed by atoms with Crippen molar-refractivity contribution >= 4 is 23.1 Å². The topological polar surface area (TPSA) is 66.6 Å². The van der Waals surface area contributed by atoms with E-state index in [1.54, 1.807) is 29.2 Å². The number of amides is 1. The number of carbonyl (C=O) groups excluding carboxylic acids is 1. The molecule has 1 aliphatic rings. The second-order valence-electron chi connectivity index (χ2n) is 7.07. The zero-order chi connectivity index (χ0) is 20.3. The summed E-state index contributed by atoms with van der Waals surface area (Å²) in [6.07, 6.45) is 4.25. The van der Waals surface area contributed by atoms with Crippen LogP contribution in [-0.2, 0) is 4.79 Å². The molecule has 0 aliphatic carbocycles. The minimum Gasteiger partial charge on any atom is -0.508 e. The lowest BCUT2D eigenvalue weighted by atomic mass is 10.0. The number of benzene rings is 2. The van der Waals surface area contributed by atoms with Gasteiger partial charge in [0.1, 0.15) is 11.6 Å². The highest BCUT2D eigenvalue weighted by atomic mass is 35.5. The van der Waals surface area contributed by atoms with Crippen molar-refractivity contribution in [1.82, 2.24) is 4.90 Å². The maximum absolute atomic E-state index is 14.4. The number of nitrogens with two attached hydrogens (primary N) is 1. The third kappa shape index (κ3) is 4.37. The van der Waals surface area contributed by atoms with Gasteiger partial charge in [-0.3, -0.25) is 4.79 Å². The van der Waals surface area contributed by atoms with Crippen LogP contribution in [0.25, 0.3) is 5.57 Å². The molecular formula is C22H24ClFN2O2. The lowest BCUT2D eigenvalue weighted by molar-refractivity contribution is -0.133. The molecule has 2 aromatic carbocycles. The Morgan fingerprint density at radius 2 is 2.14 bits per heavy atom. The molecule has 3 N–H and O–H groups in total. The van der Waals surface area contributed by atoms with Gasteiger partial charge >= 0.3 is 0 Å². The Hall–Kier alpha value is -2.37. The van der Waals surface area contributed by atoms with E-state index in [4.69, 9.17) is 17.3 Å². The predicted molar refractivity (Wildman–Crippen MR) is 109 cm³/mol. The summed E-state index contributed by atoms with van der Waals surface area (Å²) in [6.45, 7) is 2.28. The summed E-state index contributed by atoms with van der Waals surface area (Å²) < 4.78 is 14.4. The monoisotopic (exact) mass is 402 g/mol. The predicted octanol–water partition coefficient (Wildman–Crippen LogP) is 4.67. The molecule has 6 heteroatoms. The molecule has 3 rings (SSSR count). The maximum atomic E-state index is 14.4. The smallest absolute Gasteiger partial charge is 0.240 e. The fourth-order valence-electron chi connectivity index (χ4n) is 3.49. The van der Waals surface area contributed by atoms with Gasteiger partial charge in [0.25, 0.3) is 0 Å². The minimum absolute atomic E-state index is 0.107. The molecule has 1 aliphatic heterocycles. The molecule has 4 nitrogen and oxygen atoms in total. The van der Waals surface area contributed by atoms with Crippen LogP contribution in [0, 0.1) is 5.82 Å². The molecule has 1 amide bonds. The summed E-state index contributed by atoms with van der Waals surface area (Å²) in [5.74, 6) is -0.471. The molecular weight excluding hydrogens is 379 g/mol. The van der Waals surface area contributed by atoms with Crippen molar-refractivity contribution in [2.75, 3.05) is 6.54 Å². The summed E-state index contributed by atoms with van der Waals surface area (Å²) in [6, 6.07) is 10.1. The highest BCUT2D eigenvalue weighted by Crippen LogP contribution is 2.37. The molecule has 148 valence electrons. The van der Waals surface area contributed by atoms with E-state index in [1.165, 1.54) is 12.1 Å². The van der Waals surface area contributed by atoms with Crippen molar-refractivity contribution in [2.45, 2.75) is 38.3 Å². The van der Waals surface area contributed by atoms with Crippen molar-refractivity contribution in [3.05, 3.63) is 70.5 Å². The lowest BCUT2D eigenvalue weighted by Crippen LogP contribution is -2.43.